The number of rotatable bonds is 6. The molecule has 0 fully saturated rings. The Morgan fingerprint density at radius 2 is 2.04 bits per heavy atom. The van der Waals surface area contributed by atoms with E-state index in [1.807, 2.05) is 12.3 Å². The zero-order valence-electron chi connectivity index (χ0n) is 15.1. The van der Waals surface area contributed by atoms with Crippen molar-refractivity contribution in [2.24, 2.45) is 0 Å². The zero-order chi connectivity index (χ0) is 19.3. The molecule has 1 N–H and O–H groups in total. The van der Waals surface area contributed by atoms with Crippen molar-refractivity contribution in [2.75, 3.05) is 5.32 Å². The molecule has 0 aliphatic heterocycles. The lowest BCUT2D eigenvalue weighted by Crippen LogP contribution is -2.24. The normalized spacial score (nSPS) is 11.0. The van der Waals surface area contributed by atoms with Gasteiger partial charge in [0, 0.05) is 11.8 Å². The van der Waals surface area contributed by atoms with Crippen LogP contribution in [0.2, 0.25) is 0 Å². The Morgan fingerprint density at radius 3 is 2.69 bits per heavy atom. The maximum absolute atomic E-state index is 12.0. The Labute approximate surface area is 160 Å². The third kappa shape index (κ3) is 5.89. The van der Waals surface area contributed by atoms with Crippen LogP contribution in [0.1, 0.15) is 44.3 Å². The number of carbonyl (C=O) groups excluding carboxylic acids is 2. The lowest BCUT2D eigenvalue weighted by molar-refractivity contribution is -0.155. The third-order valence-electron chi connectivity index (χ3n) is 3.03. The second-order valence-corrected chi connectivity index (χ2v) is 8.47. The SMILES string of the molecule is Cc1nc(NC(=O)CCC(=O)OC(C)(C)C)sc1-c1csc(CC#N)n1. The van der Waals surface area contributed by atoms with E-state index < -0.39 is 11.6 Å². The summed E-state index contributed by atoms with van der Waals surface area (Å²) in [6, 6.07) is 2.07. The first-order chi connectivity index (χ1) is 12.2. The predicted molar refractivity (Wildman–Crippen MR) is 101 cm³/mol. The summed E-state index contributed by atoms with van der Waals surface area (Å²) < 4.78 is 5.18. The van der Waals surface area contributed by atoms with E-state index in [4.69, 9.17) is 10.00 Å². The molecule has 1 amide bonds. The molecule has 0 aliphatic carbocycles. The van der Waals surface area contributed by atoms with Gasteiger partial charge in [-0.3, -0.25) is 9.59 Å². The van der Waals surface area contributed by atoms with Crippen LogP contribution in [0.15, 0.2) is 5.38 Å². The van der Waals surface area contributed by atoms with Crippen LogP contribution in [0.25, 0.3) is 10.6 Å². The molecular weight excluding hydrogens is 372 g/mol. The lowest BCUT2D eigenvalue weighted by atomic mass is 10.2. The summed E-state index contributed by atoms with van der Waals surface area (Å²) in [7, 11) is 0. The quantitative estimate of drug-likeness (QED) is 0.752. The first kappa shape index (κ1) is 20.0. The van der Waals surface area contributed by atoms with Gasteiger partial charge in [0.05, 0.1) is 35.2 Å². The van der Waals surface area contributed by atoms with Gasteiger partial charge in [0.15, 0.2) is 5.13 Å². The number of amides is 1. The summed E-state index contributed by atoms with van der Waals surface area (Å²) in [5.41, 5.74) is 0.947. The number of nitrogens with one attached hydrogen (secondary N) is 1. The topological polar surface area (TPSA) is 105 Å². The molecule has 2 aromatic rings. The number of anilines is 1. The molecule has 0 radical (unpaired) electrons. The number of nitrogens with zero attached hydrogens (tertiary/aromatic N) is 3. The van der Waals surface area contributed by atoms with E-state index in [1.54, 1.807) is 20.8 Å². The van der Waals surface area contributed by atoms with Crippen molar-refractivity contribution >= 4 is 39.7 Å². The van der Waals surface area contributed by atoms with Crippen LogP contribution in [-0.4, -0.2) is 27.4 Å². The summed E-state index contributed by atoms with van der Waals surface area (Å²) in [5, 5.41) is 14.5. The number of nitriles is 1. The summed E-state index contributed by atoms with van der Waals surface area (Å²) in [6.07, 6.45) is 0.326. The molecule has 138 valence electrons. The molecule has 0 saturated heterocycles. The van der Waals surface area contributed by atoms with Crippen LogP contribution in [0.3, 0.4) is 0 Å². The molecular formula is C17H20N4O3S2. The fraction of sp³-hybridized carbons (Fsp3) is 0.471. The van der Waals surface area contributed by atoms with Crippen LogP contribution < -0.4 is 5.32 Å². The van der Waals surface area contributed by atoms with Gasteiger partial charge in [-0.1, -0.05) is 11.3 Å². The average Bonchev–Trinajstić information content (AvgIpc) is 3.10. The Hall–Kier alpha value is -2.31. The first-order valence-electron chi connectivity index (χ1n) is 7.99. The van der Waals surface area contributed by atoms with Crippen molar-refractivity contribution in [1.82, 2.24) is 9.97 Å². The molecule has 26 heavy (non-hydrogen) atoms. The number of esters is 1. The number of hydrogen-bond acceptors (Lipinski definition) is 8. The maximum atomic E-state index is 12.0. The van der Waals surface area contributed by atoms with E-state index in [1.165, 1.54) is 22.7 Å². The number of aromatic nitrogens is 2. The highest BCUT2D eigenvalue weighted by atomic mass is 32.1. The Morgan fingerprint density at radius 1 is 1.31 bits per heavy atom. The highest BCUT2D eigenvalue weighted by Gasteiger charge is 2.18. The van der Waals surface area contributed by atoms with Gasteiger partial charge >= 0.3 is 5.97 Å². The second kappa shape index (κ2) is 8.38. The highest BCUT2D eigenvalue weighted by molar-refractivity contribution is 7.19. The molecule has 0 unspecified atom stereocenters. The highest BCUT2D eigenvalue weighted by Crippen LogP contribution is 2.33. The lowest BCUT2D eigenvalue weighted by Gasteiger charge is -2.19. The fourth-order valence-electron chi connectivity index (χ4n) is 2.04. The monoisotopic (exact) mass is 392 g/mol. The Bertz CT molecular complexity index is 843. The van der Waals surface area contributed by atoms with E-state index in [2.05, 4.69) is 21.4 Å². The number of carbonyl (C=O) groups is 2. The van der Waals surface area contributed by atoms with E-state index in [0.29, 0.717) is 5.13 Å². The molecule has 0 aliphatic rings. The molecule has 0 aromatic carbocycles. The Balaban J connectivity index is 1.95. The molecule has 2 heterocycles. The minimum absolute atomic E-state index is 0.0178. The molecule has 0 atom stereocenters. The Kier molecular flexibility index (Phi) is 6.45. The minimum Gasteiger partial charge on any atom is -0.460 e. The van der Waals surface area contributed by atoms with Crippen molar-refractivity contribution in [3.8, 4) is 16.6 Å². The standard InChI is InChI=1S/C17H20N4O3S2/c1-10-15(11-9-25-13(20-11)7-8-18)26-16(19-10)21-12(22)5-6-14(23)24-17(2,3)4/h9H,5-7H2,1-4H3,(H,19,21,22). The van der Waals surface area contributed by atoms with Gasteiger partial charge in [-0.15, -0.1) is 11.3 Å². The molecule has 2 rings (SSSR count). The van der Waals surface area contributed by atoms with Crippen molar-refractivity contribution in [1.29, 1.82) is 5.26 Å². The van der Waals surface area contributed by atoms with Gasteiger partial charge in [-0.2, -0.15) is 5.26 Å². The molecule has 0 bridgehead atoms. The van der Waals surface area contributed by atoms with Gasteiger partial charge in [0.25, 0.3) is 0 Å². The van der Waals surface area contributed by atoms with E-state index >= 15 is 0 Å². The van der Waals surface area contributed by atoms with Crippen molar-refractivity contribution in [2.45, 2.75) is 52.6 Å². The average molecular weight is 393 g/mol. The van der Waals surface area contributed by atoms with Gasteiger partial charge in [-0.05, 0) is 27.7 Å². The number of aryl methyl sites for hydroxylation is 1. The fourth-order valence-corrected chi connectivity index (χ4v) is 3.78. The summed E-state index contributed by atoms with van der Waals surface area (Å²) >= 11 is 2.74. The van der Waals surface area contributed by atoms with Gasteiger partial charge in [0.2, 0.25) is 5.91 Å². The van der Waals surface area contributed by atoms with Crippen LogP contribution in [0.5, 0.6) is 0 Å². The largest absolute Gasteiger partial charge is 0.460 e. The predicted octanol–water partition coefficient (Wildman–Crippen LogP) is 3.70. The van der Waals surface area contributed by atoms with Crippen LogP contribution in [0, 0.1) is 18.3 Å². The third-order valence-corrected chi connectivity index (χ3v) is 4.98. The first-order valence-corrected chi connectivity index (χ1v) is 9.68. The second-order valence-electron chi connectivity index (χ2n) is 6.53. The smallest absolute Gasteiger partial charge is 0.306 e. The minimum atomic E-state index is -0.563. The molecule has 7 nitrogen and oxygen atoms in total. The van der Waals surface area contributed by atoms with E-state index in [-0.39, 0.29) is 25.2 Å². The van der Waals surface area contributed by atoms with Gasteiger partial charge in [-0.25, -0.2) is 9.97 Å². The van der Waals surface area contributed by atoms with Crippen LogP contribution in [0.4, 0.5) is 5.13 Å². The van der Waals surface area contributed by atoms with E-state index in [9.17, 15) is 9.59 Å². The number of hydrogen-bond donors (Lipinski definition) is 1. The van der Waals surface area contributed by atoms with Gasteiger partial charge < -0.3 is 10.1 Å². The molecule has 9 heteroatoms. The van der Waals surface area contributed by atoms with E-state index in [0.717, 1.165) is 21.3 Å². The zero-order valence-corrected chi connectivity index (χ0v) is 16.7. The number of ether oxygens (including phenoxy) is 1. The van der Waals surface area contributed by atoms with Crippen molar-refractivity contribution in [3.05, 3.63) is 16.1 Å². The van der Waals surface area contributed by atoms with Crippen molar-refractivity contribution in [3.63, 3.8) is 0 Å². The van der Waals surface area contributed by atoms with Gasteiger partial charge in [0.1, 0.15) is 10.6 Å². The summed E-state index contributed by atoms with van der Waals surface area (Å²) in [5.74, 6) is -0.698. The molecule has 0 saturated carbocycles. The molecule has 2 aromatic heterocycles. The van der Waals surface area contributed by atoms with Crippen LogP contribution >= 0.6 is 22.7 Å². The summed E-state index contributed by atoms with van der Waals surface area (Å²) in [6.45, 7) is 7.19. The number of thiazole rings is 2. The van der Waals surface area contributed by atoms with Crippen LogP contribution in [-0.2, 0) is 20.7 Å². The van der Waals surface area contributed by atoms with Crippen molar-refractivity contribution < 1.29 is 14.3 Å². The molecule has 0 spiro atoms. The summed E-state index contributed by atoms with van der Waals surface area (Å²) in [4.78, 5) is 33.3. The maximum Gasteiger partial charge on any atom is 0.306 e.